The zero-order valence-electron chi connectivity index (χ0n) is 12.1. The summed E-state index contributed by atoms with van der Waals surface area (Å²) in [7, 11) is 1.44. The molecule has 0 aliphatic heterocycles. The van der Waals surface area contributed by atoms with E-state index in [1.165, 1.54) is 7.11 Å². The molecule has 0 bridgehead atoms. The van der Waals surface area contributed by atoms with Gasteiger partial charge in [0.2, 0.25) is 0 Å². The number of halogens is 1. The van der Waals surface area contributed by atoms with Crippen LogP contribution >= 0.6 is 11.6 Å². The number of methoxy groups -OCH3 is 1. The van der Waals surface area contributed by atoms with Crippen LogP contribution < -0.4 is 0 Å². The Morgan fingerprint density at radius 1 is 1.24 bits per heavy atom. The minimum absolute atomic E-state index is 0.130. The zero-order valence-corrected chi connectivity index (χ0v) is 12.9. The van der Waals surface area contributed by atoms with Gasteiger partial charge in [0.05, 0.1) is 7.11 Å². The molecule has 0 saturated heterocycles. The third-order valence-corrected chi connectivity index (χ3v) is 4.64. The number of benzene rings is 2. The lowest BCUT2D eigenvalue weighted by molar-refractivity contribution is -0.143. The van der Waals surface area contributed by atoms with E-state index in [-0.39, 0.29) is 11.9 Å². The molecule has 21 heavy (non-hydrogen) atoms. The van der Waals surface area contributed by atoms with Crippen LogP contribution in [0.5, 0.6) is 0 Å². The van der Waals surface area contributed by atoms with E-state index in [9.17, 15) is 4.79 Å². The summed E-state index contributed by atoms with van der Waals surface area (Å²) in [5.41, 5.74) is 2.49. The summed E-state index contributed by atoms with van der Waals surface area (Å²) in [5, 5.41) is 0.629. The van der Waals surface area contributed by atoms with E-state index in [0.29, 0.717) is 5.02 Å². The molecule has 2 atom stereocenters. The number of rotatable bonds is 3. The van der Waals surface area contributed by atoms with Crippen molar-refractivity contribution in [3.63, 3.8) is 0 Å². The number of hydrogen-bond donors (Lipinski definition) is 0. The standard InChI is InChI=1S/C18H17ClO2/c1-12-8-9-16(19)14(10-12)18(17(20)21-2)11-15(18)13-6-4-3-5-7-13/h3-10,15H,11H2,1-2H3/t15-,18-/m1/s1. The normalized spacial score (nSPS) is 23.7. The van der Waals surface area contributed by atoms with Gasteiger partial charge in [0.25, 0.3) is 0 Å². The average Bonchev–Trinajstić information content (AvgIpc) is 3.26. The monoisotopic (exact) mass is 300 g/mol. The van der Waals surface area contributed by atoms with Gasteiger partial charge in [0.15, 0.2) is 0 Å². The SMILES string of the molecule is COC(=O)[C@@]1(c2cc(C)ccc2Cl)C[C@@H]1c1ccccc1. The first-order valence-corrected chi connectivity index (χ1v) is 7.37. The third kappa shape index (κ3) is 2.24. The molecular formula is C18H17ClO2. The molecule has 108 valence electrons. The zero-order chi connectivity index (χ0) is 15.0. The molecule has 0 N–H and O–H groups in total. The van der Waals surface area contributed by atoms with Crippen LogP contribution in [-0.4, -0.2) is 13.1 Å². The van der Waals surface area contributed by atoms with E-state index in [1.807, 2.05) is 43.3 Å². The molecule has 3 heteroatoms. The Morgan fingerprint density at radius 3 is 2.62 bits per heavy atom. The fourth-order valence-electron chi connectivity index (χ4n) is 3.15. The maximum Gasteiger partial charge on any atom is 0.316 e. The molecule has 1 aliphatic rings. The second-order valence-corrected chi connectivity index (χ2v) is 6.02. The van der Waals surface area contributed by atoms with E-state index in [2.05, 4.69) is 12.1 Å². The average molecular weight is 301 g/mol. The van der Waals surface area contributed by atoms with Crippen LogP contribution in [0, 0.1) is 6.92 Å². The largest absolute Gasteiger partial charge is 0.468 e. The summed E-state index contributed by atoms with van der Waals surface area (Å²) in [5.74, 6) is -0.0747. The summed E-state index contributed by atoms with van der Waals surface area (Å²) in [4.78, 5) is 12.5. The van der Waals surface area contributed by atoms with Gasteiger partial charge in [-0.1, -0.05) is 59.6 Å². The molecule has 3 rings (SSSR count). The molecule has 0 aromatic heterocycles. The smallest absolute Gasteiger partial charge is 0.316 e. The highest BCUT2D eigenvalue weighted by molar-refractivity contribution is 6.32. The topological polar surface area (TPSA) is 26.3 Å². The fourth-order valence-corrected chi connectivity index (χ4v) is 3.43. The van der Waals surface area contributed by atoms with Crippen LogP contribution in [0.25, 0.3) is 0 Å². The Kier molecular flexibility index (Phi) is 3.50. The quantitative estimate of drug-likeness (QED) is 0.792. The van der Waals surface area contributed by atoms with Crippen LogP contribution in [0.4, 0.5) is 0 Å². The molecule has 1 fully saturated rings. The minimum atomic E-state index is -0.640. The molecule has 1 aliphatic carbocycles. The van der Waals surface area contributed by atoms with Gasteiger partial charge >= 0.3 is 5.97 Å². The van der Waals surface area contributed by atoms with Crippen LogP contribution in [-0.2, 0) is 14.9 Å². The van der Waals surface area contributed by atoms with Gasteiger partial charge in [-0.25, -0.2) is 0 Å². The highest BCUT2D eigenvalue weighted by Gasteiger charge is 2.63. The maximum absolute atomic E-state index is 12.5. The van der Waals surface area contributed by atoms with Gasteiger partial charge in [-0.15, -0.1) is 0 Å². The van der Waals surface area contributed by atoms with Crippen molar-refractivity contribution in [1.29, 1.82) is 0 Å². The molecule has 1 saturated carbocycles. The van der Waals surface area contributed by atoms with Gasteiger partial charge in [-0.3, -0.25) is 4.79 Å². The minimum Gasteiger partial charge on any atom is -0.468 e. The molecule has 0 unspecified atom stereocenters. The highest BCUT2D eigenvalue weighted by atomic mass is 35.5. The first-order chi connectivity index (χ1) is 10.1. The van der Waals surface area contributed by atoms with E-state index in [4.69, 9.17) is 16.3 Å². The lowest BCUT2D eigenvalue weighted by atomic mass is 9.89. The van der Waals surface area contributed by atoms with Crippen LogP contribution in [0.15, 0.2) is 48.5 Å². The molecule has 2 aromatic carbocycles. The number of esters is 1. The lowest BCUT2D eigenvalue weighted by Gasteiger charge is -2.18. The van der Waals surface area contributed by atoms with Crippen molar-refractivity contribution in [3.05, 3.63) is 70.2 Å². The van der Waals surface area contributed by atoms with Crippen molar-refractivity contribution in [2.24, 2.45) is 0 Å². The summed E-state index contributed by atoms with van der Waals surface area (Å²) >= 11 is 6.37. The molecule has 2 aromatic rings. The van der Waals surface area contributed by atoms with Crippen molar-refractivity contribution in [3.8, 4) is 0 Å². The molecule has 0 spiro atoms. The summed E-state index contributed by atoms with van der Waals surface area (Å²) in [6.45, 7) is 2.00. The van der Waals surface area contributed by atoms with Crippen LogP contribution in [0.2, 0.25) is 5.02 Å². The molecule has 0 radical (unpaired) electrons. The highest BCUT2D eigenvalue weighted by Crippen LogP contribution is 2.62. The maximum atomic E-state index is 12.5. The molecular weight excluding hydrogens is 284 g/mol. The second kappa shape index (κ2) is 5.19. The van der Waals surface area contributed by atoms with Crippen molar-refractivity contribution in [2.45, 2.75) is 24.7 Å². The number of carbonyl (C=O) groups is 1. The summed E-state index contributed by atoms with van der Waals surface area (Å²) < 4.78 is 5.08. The van der Waals surface area contributed by atoms with Gasteiger partial charge in [-0.2, -0.15) is 0 Å². The van der Waals surface area contributed by atoms with Gasteiger partial charge in [-0.05, 0) is 30.5 Å². The lowest BCUT2D eigenvalue weighted by Crippen LogP contribution is -2.24. The number of hydrogen-bond acceptors (Lipinski definition) is 2. The van der Waals surface area contributed by atoms with Crippen molar-refractivity contribution in [1.82, 2.24) is 0 Å². The number of aryl methyl sites for hydroxylation is 1. The Labute approximate surface area is 129 Å². The summed E-state index contributed by atoms with van der Waals surface area (Å²) in [6.07, 6.45) is 0.743. The number of ether oxygens (including phenoxy) is 1. The van der Waals surface area contributed by atoms with Crippen molar-refractivity contribution in [2.75, 3.05) is 7.11 Å². The van der Waals surface area contributed by atoms with Crippen molar-refractivity contribution >= 4 is 17.6 Å². The molecule has 0 heterocycles. The fraction of sp³-hybridized carbons (Fsp3) is 0.278. The Hall–Kier alpha value is -1.80. The van der Waals surface area contributed by atoms with Gasteiger partial charge in [0, 0.05) is 10.9 Å². The predicted molar refractivity (Wildman–Crippen MR) is 83.7 cm³/mol. The first kappa shape index (κ1) is 14.2. The Balaban J connectivity index is 2.09. The van der Waals surface area contributed by atoms with Gasteiger partial charge in [0.1, 0.15) is 5.41 Å². The Bertz CT molecular complexity index is 681. The number of carbonyl (C=O) groups excluding carboxylic acids is 1. The third-order valence-electron chi connectivity index (χ3n) is 4.31. The van der Waals surface area contributed by atoms with Crippen LogP contribution in [0.1, 0.15) is 29.0 Å². The van der Waals surface area contributed by atoms with E-state index in [0.717, 1.165) is 23.1 Å². The molecule has 0 amide bonds. The van der Waals surface area contributed by atoms with Gasteiger partial charge < -0.3 is 4.74 Å². The molecule has 2 nitrogen and oxygen atoms in total. The van der Waals surface area contributed by atoms with Crippen LogP contribution in [0.3, 0.4) is 0 Å². The van der Waals surface area contributed by atoms with E-state index >= 15 is 0 Å². The van der Waals surface area contributed by atoms with E-state index in [1.54, 1.807) is 0 Å². The Morgan fingerprint density at radius 2 is 1.95 bits per heavy atom. The van der Waals surface area contributed by atoms with Crippen molar-refractivity contribution < 1.29 is 9.53 Å². The van der Waals surface area contributed by atoms with E-state index < -0.39 is 5.41 Å². The first-order valence-electron chi connectivity index (χ1n) is 6.99. The second-order valence-electron chi connectivity index (χ2n) is 5.61. The predicted octanol–water partition coefficient (Wildman–Crippen LogP) is 4.25. The summed E-state index contributed by atoms with van der Waals surface area (Å²) in [6, 6.07) is 15.9.